The molecule has 3 heterocycles. The van der Waals surface area contributed by atoms with Gasteiger partial charge in [-0.2, -0.15) is 5.10 Å². The molecule has 7 rings (SSSR count). The number of H-pyrrole nitrogens is 1. The van der Waals surface area contributed by atoms with E-state index in [1.165, 1.54) is 22.1 Å². The Bertz CT molecular complexity index is 1440. The number of carbonyl (C=O) groups is 1. The topological polar surface area (TPSA) is 70.2 Å². The quantitative estimate of drug-likeness (QED) is 0.426. The van der Waals surface area contributed by atoms with Crippen molar-refractivity contribution in [3.8, 4) is 0 Å². The van der Waals surface area contributed by atoms with Gasteiger partial charge in [-0.05, 0) is 53.6 Å². The zero-order chi connectivity index (χ0) is 24.1. The number of fused-ring (bicyclic) bond motifs is 3. The first-order chi connectivity index (χ1) is 17.7. The lowest BCUT2D eigenvalue weighted by Gasteiger charge is -2.26. The Hall–Kier alpha value is -3.48. The number of amides is 1. The van der Waals surface area contributed by atoms with Crippen LogP contribution in [-0.2, 0) is 34.3 Å². The second-order valence-electron chi connectivity index (χ2n) is 10.4. The molecule has 2 aliphatic heterocycles. The third kappa shape index (κ3) is 3.64. The van der Waals surface area contributed by atoms with E-state index in [0.29, 0.717) is 0 Å². The molecule has 2 atom stereocenters. The van der Waals surface area contributed by atoms with Crippen LogP contribution < -0.4 is 5.32 Å². The summed E-state index contributed by atoms with van der Waals surface area (Å²) in [6.45, 7) is 4.69. The van der Waals surface area contributed by atoms with E-state index in [4.69, 9.17) is 4.74 Å². The third-order valence-electron chi connectivity index (χ3n) is 8.27. The molecule has 1 saturated carbocycles. The fourth-order valence-electron chi connectivity index (χ4n) is 6.14. The molecular formula is C30H30N4O2. The predicted molar refractivity (Wildman–Crippen MR) is 140 cm³/mol. The van der Waals surface area contributed by atoms with Gasteiger partial charge in [-0.3, -0.25) is 14.8 Å². The molecule has 1 amide bonds. The normalized spacial score (nSPS) is 23.2. The maximum Gasteiger partial charge on any atom is 0.235 e. The van der Waals surface area contributed by atoms with Gasteiger partial charge in [0.15, 0.2) is 0 Å². The van der Waals surface area contributed by atoms with Gasteiger partial charge in [-0.25, -0.2) is 0 Å². The predicted octanol–water partition coefficient (Wildman–Crippen LogP) is 4.56. The number of morpholine rings is 1. The highest BCUT2D eigenvalue weighted by Crippen LogP contribution is 2.64. The molecule has 1 aromatic heterocycles. The summed E-state index contributed by atoms with van der Waals surface area (Å²) in [5, 5.41) is 12.1. The lowest BCUT2D eigenvalue weighted by atomic mass is 9.92. The minimum Gasteiger partial charge on any atom is -0.379 e. The monoisotopic (exact) mass is 478 g/mol. The molecule has 0 bridgehead atoms. The first-order valence-corrected chi connectivity index (χ1v) is 13.0. The number of ether oxygens (including phenoxy) is 1. The van der Waals surface area contributed by atoms with Crippen LogP contribution in [0.25, 0.3) is 10.9 Å². The highest BCUT2D eigenvalue weighted by Gasteiger charge is 2.65. The molecule has 182 valence electrons. The van der Waals surface area contributed by atoms with Gasteiger partial charge in [0.1, 0.15) is 0 Å². The van der Waals surface area contributed by atoms with Crippen LogP contribution in [0.5, 0.6) is 0 Å². The number of hydrogen-bond acceptors (Lipinski definition) is 4. The van der Waals surface area contributed by atoms with Gasteiger partial charge in [-0.1, -0.05) is 54.6 Å². The number of aromatic amines is 1. The summed E-state index contributed by atoms with van der Waals surface area (Å²) in [4.78, 5) is 15.3. The maximum atomic E-state index is 12.9. The van der Waals surface area contributed by atoms with Crippen molar-refractivity contribution in [2.75, 3.05) is 31.6 Å². The maximum absolute atomic E-state index is 12.9. The third-order valence-corrected chi connectivity index (χ3v) is 8.27. The van der Waals surface area contributed by atoms with Gasteiger partial charge in [-0.15, -0.1) is 0 Å². The Morgan fingerprint density at radius 1 is 0.972 bits per heavy atom. The van der Waals surface area contributed by atoms with Gasteiger partial charge in [0.05, 0.1) is 29.8 Å². The number of aryl methyl sites for hydroxylation is 2. The Morgan fingerprint density at radius 2 is 1.78 bits per heavy atom. The molecule has 2 fully saturated rings. The van der Waals surface area contributed by atoms with Crippen LogP contribution >= 0.6 is 0 Å². The van der Waals surface area contributed by atoms with Crippen LogP contribution in [0.15, 0.2) is 66.7 Å². The van der Waals surface area contributed by atoms with Gasteiger partial charge < -0.3 is 10.1 Å². The smallest absolute Gasteiger partial charge is 0.235 e. The highest BCUT2D eigenvalue weighted by molar-refractivity contribution is 6.09. The molecular weight excluding hydrogens is 448 g/mol. The SMILES string of the molecule is O=C1Nc2ccccc2[C@]12C[C@H]2c1ccc2c(CCc3ccc(CN4CCOCC4)cc3)n[nH]c2c1. The number of nitrogens with one attached hydrogen (secondary N) is 2. The second-order valence-corrected chi connectivity index (χ2v) is 10.4. The molecule has 1 spiro atoms. The average Bonchev–Trinajstić information content (AvgIpc) is 3.45. The fraction of sp³-hybridized carbons (Fsp3) is 0.333. The van der Waals surface area contributed by atoms with Crippen molar-refractivity contribution >= 4 is 22.5 Å². The van der Waals surface area contributed by atoms with Gasteiger partial charge in [0.2, 0.25) is 5.91 Å². The molecule has 6 nitrogen and oxygen atoms in total. The number of para-hydroxylation sites is 1. The van der Waals surface area contributed by atoms with Gasteiger partial charge in [0, 0.05) is 36.6 Å². The lowest BCUT2D eigenvalue weighted by molar-refractivity contribution is -0.118. The zero-order valence-corrected chi connectivity index (χ0v) is 20.3. The van der Waals surface area contributed by atoms with Crippen LogP contribution in [0.4, 0.5) is 5.69 Å². The Morgan fingerprint density at radius 3 is 2.64 bits per heavy atom. The van der Waals surface area contributed by atoms with E-state index in [2.05, 4.69) is 68.9 Å². The van der Waals surface area contributed by atoms with Gasteiger partial charge >= 0.3 is 0 Å². The minimum absolute atomic E-state index is 0.134. The molecule has 6 heteroatoms. The number of anilines is 1. The molecule has 3 aliphatic rings. The van der Waals surface area contributed by atoms with Crippen LogP contribution in [0, 0.1) is 0 Å². The first-order valence-electron chi connectivity index (χ1n) is 13.0. The average molecular weight is 479 g/mol. The Kier molecular flexibility index (Phi) is 5.19. The number of rotatable bonds is 6. The van der Waals surface area contributed by atoms with Crippen molar-refractivity contribution < 1.29 is 9.53 Å². The van der Waals surface area contributed by atoms with E-state index in [1.807, 2.05) is 18.2 Å². The molecule has 4 aromatic rings. The summed E-state index contributed by atoms with van der Waals surface area (Å²) in [5.74, 6) is 0.350. The zero-order valence-electron chi connectivity index (χ0n) is 20.3. The van der Waals surface area contributed by atoms with Crippen molar-refractivity contribution in [1.82, 2.24) is 15.1 Å². The van der Waals surface area contributed by atoms with E-state index in [9.17, 15) is 4.79 Å². The Labute approximate surface area is 210 Å². The number of benzene rings is 3. The number of aromatic nitrogens is 2. The van der Waals surface area contributed by atoms with E-state index in [-0.39, 0.29) is 11.8 Å². The largest absolute Gasteiger partial charge is 0.379 e. The summed E-state index contributed by atoms with van der Waals surface area (Å²) >= 11 is 0. The number of carbonyl (C=O) groups excluding carboxylic acids is 1. The van der Waals surface area contributed by atoms with E-state index >= 15 is 0 Å². The molecule has 0 radical (unpaired) electrons. The van der Waals surface area contributed by atoms with Crippen molar-refractivity contribution in [1.29, 1.82) is 0 Å². The molecule has 2 N–H and O–H groups in total. The van der Waals surface area contributed by atoms with Crippen LogP contribution in [0.3, 0.4) is 0 Å². The highest BCUT2D eigenvalue weighted by atomic mass is 16.5. The van der Waals surface area contributed by atoms with Crippen LogP contribution in [0.1, 0.15) is 40.3 Å². The van der Waals surface area contributed by atoms with E-state index < -0.39 is 5.41 Å². The summed E-state index contributed by atoms with van der Waals surface area (Å²) in [5.41, 5.74) is 7.75. The first kappa shape index (κ1) is 21.8. The molecule has 36 heavy (non-hydrogen) atoms. The van der Waals surface area contributed by atoms with Gasteiger partial charge in [0.25, 0.3) is 0 Å². The van der Waals surface area contributed by atoms with Crippen molar-refractivity contribution in [2.24, 2.45) is 0 Å². The summed E-state index contributed by atoms with van der Waals surface area (Å²) in [6, 6.07) is 23.7. The number of nitrogens with zero attached hydrogens (tertiary/aromatic N) is 2. The summed E-state index contributed by atoms with van der Waals surface area (Å²) in [6.07, 6.45) is 2.72. The van der Waals surface area contributed by atoms with Crippen molar-refractivity contribution in [3.63, 3.8) is 0 Å². The standard InChI is InChI=1S/C30H30N4O2/c35-29-30(24-3-1-2-4-27(24)31-29)18-25(30)22-10-11-23-26(32-33-28(23)17-22)12-9-20-5-7-21(8-6-20)19-34-13-15-36-16-14-34/h1-8,10-11,17,25H,9,12-16,18-19H2,(H,31,35)(H,32,33)/t25-,30-/m0/s1. The van der Waals surface area contributed by atoms with Crippen LogP contribution in [-0.4, -0.2) is 47.3 Å². The molecule has 0 unspecified atom stereocenters. The van der Waals surface area contributed by atoms with Crippen molar-refractivity contribution in [2.45, 2.75) is 37.1 Å². The van der Waals surface area contributed by atoms with Crippen molar-refractivity contribution in [3.05, 3.63) is 94.7 Å². The van der Waals surface area contributed by atoms with E-state index in [0.717, 1.165) is 74.6 Å². The lowest BCUT2D eigenvalue weighted by Crippen LogP contribution is -2.35. The minimum atomic E-state index is -0.402. The number of hydrogen-bond donors (Lipinski definition) is 2. The summed E-state index contributed by atoms with van der Waals surface area (Å²) in [7, 11) is 0. The van der Waals surface area contributed by atoms with E-state index in [1.54, 1.807) is 0 Å². The summed E-state index contributed by atoms with van der Waals surface area (Å²) < 4.78 is 5.45. The second kappa shape index (κ2) is 8.57. The van der Waals surface area contributed by atoms with Crippen LogP contribution in [0.2, 0.25) is 0 Å². The molecule has 1 aliphatic carbocycles. The fourth-order valence-corrected chi connectivity index (χ4v) is 6.14. The molecule has 3 aromatic carbocycles. The molecule has 1 saturated heterocycles. The Balaban J connectivity index is 1.03.